The van der Waals surface area contributed by atoms with Gasteiger partial charge in [0, 0.05) is 19.2 Å². The van der Waals surface area contributed by atoms with Crippen molar-refractivity contribution in [2.75, 3.05) is 6.54 Å². The third kappa shape index (κ3) is 2.91. The average Bonchev–Trinajstić information content (AvgIpc) is 2.72. The number of rotatable bonds is 4. The van der Waals surface area contributed by atoms with E-state index in [1.165, 1.54) is 6.07 Å². The summed E-state index contributed by atoms with van der Waals surface area (Å²) in [5.74, 6) is -0.201. The topological polar surface area (TPSA) is 43.8 Å². The first-order valence-corrected chi connectivity index (χ1v) is 5.65. The first kappa shape index (κ1) is 11.8. The highest BCUT2D eigenvalue weighted by molar-refractivity contribution is 5.26. The van der Waals surface area contributed by atoms with E-state index in [0.717, 1.165) is 23.2 Å². The normalized spacial score (nSPS) is 10.8. The first-order chi connectivity index (χ1) is 8.19. The number of halogens is 1. The van der Waals surface area contributed by atoms with Crippen LogP contribution in [-0.4, -0.2) is 16.1 Å². The van der Waals surface area contributed by atoms with Crippen molar-refractivity contribution in [3.05, 3.63) is 53.4 Å². The van der Waals surface area contributed by atoms with Gasteiger partial charge in [0.2, 0.25) is 0 Å². The molecule has 0 bridgehead atoms. The minimum absolute atomic E-state index is 0.201. The van der Waals surface area contributed by atoms with Crippen LogP contribution in [0.2, 0.25) is 0 Å². The third-order valence-corrected chi connectivity index (χ3v) is 2.75. The van der Waals surface area contributed by atoms with E-state index in [1.807, 2.05) is 17.7 Å². The number of aryl methyl sites for hydroxylation is 1. The summed E-state index contributed by atoms with van der Waals surface area (Å²) < 4.78 is 15.1. The Bertz CT molecular complexity index is 505. The molecule has 0 aliphatic rings. The zero-order chi connectivity index (χ0) is 12.3. The standard InChI is InChI=1S/C13H16FN3/c1-10-2-3-12(14)6-11(10)7-17-8-13(4-5-15)16-9-17/h2-3,6,8-9H,4-5,7,15H2,1H3. The molecular formula is C13H16FN3. The Labute approximate surface area is 100 Å². The van der Waals surface area contributed by atoms with E-state index in [4.69, 9.17) is 5.73 Å². The SMILES string of the molecule is Cc1ccc(F)cc1Cn1cnc(CCN)c1. The maximum Gasteiger partial charge on any atom is 0.123 e. The number of aromatic nitrogens is 2. The van der Waals surface area contributed by atoms with Crippen molar-refractivity contribution >= 4 is 0 Å². The summed E-state index contributed by atoms with van der Waals surface area (Å²) in [4.78, 5) is 4.24. The molecule has 4 heteroatoms. The molecule has 1 aromatic heterocycles. The van der Waals surface area contributed by atoms with Crippen LogP contribution in [0.4, 0.5) is 4.39 Å². The average molecular weight is 233 g/mol. The molecule has 0 spiro atoms. The van der Waals surface area contributed by atoms with E-state index >= 15 is 0 Å². The van der Waals surface area contributed by atoms with Gasteiger partial charge in [-0.2, -0.15) is 0 Å². The summed E-state index contributed by atoms with van der Waals surface area (Å²) in [6.45, 7) is 3.21. The highest BCUT2D eigenvalue weighted by Gasteiger charge is 2.03. The number of imidazole rings is 1. The van der Waals surface area contributed by atoms with Crippen molar-refractivity contribution in [1.29, 1.82) is 0 Å². The van der Waals surface area contributed by atoms with Gasteiger partial charge in [-0.25, -0.2) is 9.37 Å². The summed E-state index contributed by atoms with van der Waals surface area (Å²) >= 11 is 0. The van der Waals surface area contributed by atoms with Gasteiger partial charge in [-0.1, -0.05) is 6.07 Å². The van der Waals surface area contributed by atoms with Crippen LogP contribution >= 0.6 is 0 Å². The van der Waals surface area contributed by atoms with Crippen LogP contribution < -0.4 is 5.73 Å². The first-order valence-electron chi connectivity index (χ1n) is 5.65. The van der Waals surface area contributed by atoms with Crippen molar-refractivity contribution in [1.82, 2.24) is 9.55 Å². The van der Waals surface area contributed by atoms with Crippen LogP contribution in [0, 0.1) is 12.7 Å². The molecular weight excluding hydrogens is 217 g/mol. The number of nitrogens with two attached hydrogens (primary N) is 1. The molecule has 0 fully saturated rings. The molecule has 3 nitrogen and oxygen atoms in total. The monoisotopic (exact) mass is 233 g/mol. The van der Waals surface area contributed by atoms with Gasteiger partial charge in [0.05, 0.1) is 12.0 Å². The van der Waals surface area contributed by atoms with Crippen molar-refractivity contribution in [2.24, 2.45) is 5.73 Å². The fraction of sp³-hybridized carbons (Fsp3) is 0.308. The van der Waals surface area contributed by atoms with Gasteiger partial charge >= 0.3 is 0 Å². The summed E-state index contributed by atoms with van der Waals surface area (Å²) in [6, 6.07) is 4.84. The third-order valence-electron chi connectivity index (χ3n) is 2.75. The predicted molar refractivity (Wildman–Crippen MR) is 65.2 cm³/mol. The zero-order valence-corrected chi connectivity index (χ0v) is 9.86. The Morgan fingerprint density at radius 2 is 2.24 bits per heavy atom. The lowest BCUT2D eigenvalue weighted by Crippen LogP contribution is -2.03. The molecule has 0 saturated carbocycles. The molecule has 0 saturated heterocycles. The molecule has 2 rings (SSSR count). The van der Waals surface area contributed by atoms with Crippen molar-refractivity contribution < 1.29 is 4.39 Å². The maximum atomic E-state index is 13.1. The number of benzene rings is 1. The Hall–Kier alpha value is -1.68. The van der Waals surface area contributed by atoms with E-state index in [2.05, 4.69) is 4.98 Å². The second-order valence-electron chi connectivity index (χ2n) is 4.15. The number of hydrogen-bond donors (Lipinski definition) is 1. The molecule has 17 heavy (non-hydrogen) atoms. The molecule has 1 heterocycles. The van der Waals surface area contributed by atoms with Gasteiger partial charge in [0.25, 0.3) is 0 Å². The Morgan fingerprint density at radius 3 is 3.00 bits per heavy atom. The minimum atomic E-state index is -0.201. The highest BCUT2D eigenvalue weighted by Crippen LogP contribution is 2.12. The smallest absolute Gasteiger partial charge is 0.123 e. The van der Waals surface area contributed by atoms with E-state index in [-0.39, 0.29) is 5.82 Å². The minimum Gasteiger partial charge on any atom is -0.333 e. The molecule has 0 amide bonds. The molecule has 0 aliphatic carbocycles. The molecule has 0 unspecified atom stereocenters. The maximum absolute atomic E-state index is 13.1. The fourth-order valence-electron chi connectivity index (χ4n) is 1.78. The molecule has 1 aromatic carbocycles. The molecule has 90 valence electrons. The van der Waals surface area contributed by atoms with E-state index < -0.39 is 0 Å². The summed E-state index contributed by atoms with van der Waals surface area (Å²) in [5, 5.41) is 0. The second-order valence-corrected chi connectivity index (χ2v) is 4.15. The lowest BCUT2D eigenvalue weighted by molar-refractivity contribution is 0.622. The predicted octanol–water partition coefficient (Wildman–Crippen LogP) is 1.88. The Morgan fingerprint density at radius 1 is 1.41 bits per heavy atom. The number of nitrogens with zero attached hydrogens (tertiary/aromatic N) is 2. The second kappa shape index (κ2) is 5.10. The quantitative estimate of drug-likeness (QED) is 0.876. The van der Waals surface area contributed by atoms with Crippen LogP contribution in [0.1, 0.15) is 16.8 Å². The van der Waals surface area contributed by atoms with Crippen LogP contribution in [0.25, 0.3) is 0 Å². The van der Waals surface area contributed by atoms with E-state index in [0.29, 0.717) is 13.1 Å². The van der Waals surface area contributed by atoms with Crippen molar-refractivity contribution in [2.45, 2.75) is 19.9 Å². The molecule has 0 atom stereocenters. The van der Waals surface area contributed by atoms with E-state index in [9.17, 15) is 4.39 Å². The fourth-order valence-corrected chi connectivity index (χ4v) is 1.78. The molecule has 2 N–H and O–H groups in total. The largest absolute Gasteiger partial charge is 0.333 e. The summed E-state index contributed by atoms with van der Waals surface area (Å²) in [5.41, 5.74) is 8.50. The van der Waals surface area contributed by atoms with Crippen molar-refractivity contribution in [3.63, 3.8) is 0 Å². The van der Waals surface area contributed by atoms with Gasteiger partial charge in [-0.3, -0.25) is 0 Å². The highest BCUT2D eigenvalue weighted by atomic mass is 19.1. The van der Waals surface area contributed by atoms with Crippen LogP contribution in [-0.2, 0) is 13.0 Å². The summed E-state index contributed by atoms with van der Waals surface area (Å²) in [7, 11) is 0. The van der Waals surface area contributed by atoms with E-state index in [1.54, 1.807) is 18.5 Å². The lowest BCUT2D eigenvalue weighted by atomic mass is 10.1. The lowest BCUT2D eigenvalue weighted by Gasteiger charge is -2.06. The summed E-state index contributed by atoms with van der Waals surface area (Å²) in [6.07, 6.45) is 4.49. The molecule has 2 aromatic rings. The van der Waals surface area contributed by atoms with Gasteiger partial charge in [-0.05, 0) is 36.7 Å². The Kier molecular flexibility index (Phi) is 3.54. The van der Waals surface area contributed by atoms with Crippen LogP contribution in [0.5, 0.6) is 0 Å². The number of hydrogen-bond acceptors (Lipinski definition) is 2. The van der Waals surface area contributed by atoms with Gasteiger partial charge in [-0.15, -0.1) is 0 Å². The van der Waals surface area contributed by atoms with Gasteiger partial charge in [0.15, 0.2) is 0 Å². The van der Waals surface area contributed by atoms with Gasteiger partial charge < -0.3 is 10.3 Å². The van der Waals surface area contributed by atoms with Crippen LogP contribution in [0.3, 0.4) is 0 Å². The molecule has 0 aliphatic heterocycles. The zero-order valence-electron chi connectivity index (χ0n) is 9.86. The Balaban J connectivity index is 2.16. The molecule has 0 radical (unpaired) electrons. The van der Waals surface area contributed by atoms with Crippen molar-refractivity contribution in [3.8, 4) is 0 Å². The van der Waals surface area contributed by atoms with Gasteiger partial charge in [0.1, 0.15) is 5.82 Å². The van der Waals surface area contributed by atoms with Crippen LogP contribution in [0.15, 0.2) is 30.7 Å².